The molecule has 0 heterocycles. The molecule has 0 amide bonds. The first-order chi connectivity index (χ1) is 12.8. The topological polar surface area (TPSA) is 38.3 Å². The van der Waals surface area contributed by atoms with E-state index >= 15 is 0 Å². The van der Waals surface area contributed by atoms with Crippen molar-refractivity contribution in [1.82, 2.24) is 5.32 Å². The van der Waals surface area contributed by atoms with Crippen LogP contribution in [0.15, 0.2) is 54.6 Å². The molecule has 0 aliphatic carbocycles. The van der Waals surface area contributed by atoms with Crippen LogP contribution < -0.4 is 10.1 Å². The highest BCUT2D eigenvalue weighted by atomic mass is 16.5. The molecule has 1 N–H and O–H groups in total. The summed E-state index contributed by atoms with van der Waals surface area (Å²) in [5.74, 6) is 0.878. The Morgan fingerprint density at radius 2 is 1.65 bits per heavy atom. The minimum absolute atomic E-state index is 0.164. The molecule has 3 heteroatoms. The number of nitrogens with one attached hydrogen (secondary N) is 1. The first-order valence-corrected chi connectivity index (χ1v) is 9.81. The van der Waals surface area contributed by atoms with Gasteiger partial charge < -0.3 is 10.1 Å². The van der Waals surface area contributed by atoms with Crippen molar-refractivity contribution in [2.75, 3.05) is 19.7 Å². The lowest BCUT2D eigenvalue weighted by Crippen LogP contribution is -2.18. The van der Waals surface area contributed by atoms with Crippen LogP contribution in [0.25, 0.3) is 0 Å². The number of hydrogen-bond acceptors (Lipinski definition) is 3. The van der Waals surface area contributed by atoms with E-state index < -0.39 is 0 Å². The highest BCUT2D eigenvalue weighted by Crippen LogP contribution is 2.21. The van der Waals surface area contributed by atoms with E-state index in [9.17, 15) is 4.79 Å². The van der Waals surface area contributed by atoms with Crippen LogP contribution >= 0.6 is 0 Å². The zero-order valence-corrected chi connectivity index (χ0v) is 15.9. The third kappa shape index (κ3) is 7.40. The van der Waals surface area contributed by atoms with Crippen molar-refractivity contribution in [2.24, 2.45) is 0 Å². The Balaban J connectivity index is 1.75. The van der Waals surface area contributed by atoms with E-state index in [-0.39, 0.29) is 5.78 Å². The number of carbonyl (C=O) groups is 1. The van der Waals surface area contributed by atoms with Crippen molar-refractivity contribution in [3.05, 3.63) is 65.7 Å². The molecule has 0 fully saturated rings. The number of aryl methyl sites for hydroxylation is 1. The van der Waals surface area contributed by atoms with Gasteiger partial charge in [-0.05, 0) is 56.5 Å². The molecule has 2 rings (SSSR count). The Hall–Kier alpha value is -2.13. The summed E-state index contributed by atoms with van der Waals surface area (Å²) in [6, 6.07) is 17.9. The molecule has 2 aromatic carbocycles. The molecule has 0 radical (unpaired) electrons. The summed E-state index contributed by atoms with van der Waals surface area (Å²) in [6.07, 6.45) is 5.70. The quantitative estimate of drug-likeness (QED) is 0.404. The summed E-state index contributed by atoms with van der Waals surface area (Å²) >= 11 is 0. The number of hydrogen-bond donors (Lipinski definition) is 1. The average Bonchev–Trinajstić information content (AvgIpc) is 2.68. The molecule has 0 aliphatic heterocycles. The second kappa shape index (κ2) is 12.3. The lowest BCUT2D eigenvalue weighted by Gasteiger charge is -2.11. The second-order valence-electron chi connectivity index (χ2n) is 6.56. The number of para-hydroxylation sites is 1. The Bertz CT molecular complexity index is 640. The number of ketones is 1. The van der Waals surface area contributed by atoms with Crippen molar-refractivity contribution in [3.8, 4) is 5.75 Å². The predicted molar refractivity (Wildman–Crippen MR) is 108 cm³/mol. The Kier molecular flexibility index (Phi) is 9.52. The van der Waals surface area contributed by atoms with Gasteiger partial charge in [-0.25, -0.2) is 0 Å². The molecular weight excluding hydrogens is 322 g/mol. The Labute approximate surface area is 157 Å². The minimum Gasteiger partial charge on any atom is -0.493 e. The van der Waals surface area contributed by atoms with Crippen molar-refractivity contribution in [1.29, 1.82) is 0 Å². The lowest BCUT2D eigenvalue weighted by molar-refractivity contribution is 0.0976. The average molecular weight is 354 g/mol. The zero-order chi connectivity index (χ0) is 18.5. The van der Waals surface area contributed by atoms with Gasteiger partial charge in [0.05, 0.1) is 12.2 Å². The van der Waals surface area contributed by atoms with Gasteiger partial charge in [-0.3, -0.25) is 4.79 Å². The van der Waals surface area contributed by atoms with Crippen molar-refractivity contribution in [2.45, 2.75) is 45.4 Å². The largest absolute Gasteiger partial charge is 0.493 e. The fourth-order valence-electron chi connectivity index (χ4n) is 2.86. The molecule has 3 nitrogen and oxygen atoms in total. The van der Waals surface area contributed by atoms with Crippen LogP contribution in [0.1, 0.15) is 54.9 Å². The first kappa shape index (κ1) is 20.2. The summed E-state index contributed by atoms with van der Waals surface area (Å²) in [7, 11) is 0. The molecule has 0 bridgehead atoms. The number of unbranched alkanes of at least 4 members (excludes halogenated alkanes) is 1. The maximum Gasteiger partial charge on any atom is 0.166 e. The molecular formula is C23H31NO2. The highest BCUT2D eigenvalue weighted by molar-refractivity contribution is 5.98. The van der Waals surface area contributed by atoms with Gasteiger partial charge in [0.15, 0.2) is 5.78 Å². The van der Waals surface area contributed by atoms with E-state index in [0.717, 1.165) is 32.4 Å². The van der Waals surface area contributed by atoms with Crippen molar-refractivity contribution in [3.63, 3.8) is 0 Å². The molecule has 0 saturated heterocycles. The second-order valence-corrected chi connectivity index (χ2v) is 6.56. The summed E-state index contributed by atoms with van der Waals surface area (Å²) in [4.78, 5) is 12.6. The van der Waals surface area contributed by atoms with Crippen LogP contribution in [0.4, 0.5) is 0 Å². The van der Waals surface area contributed by atoms with Gasteiger partial charge >= 0.3 is 0 Å². The molecule has 0 aromatic heterocycles. The summed E-state index contributed by atoms with van der Waals surface area (Å²) in [5.41, 5.74) is 1.99. The zero-order valence-electron chi connectivity index (χ0n) is 15.9. The minimum atomic E-state index is 0.164. The van der Waals surface area contributed by atoms with Gasteiger partial charge in [-0.1, -0.05) is 55.8 Å². The molecule has 0 unspecified atom stereocenters. The molecule has 0 atom stereocenters. The van der Waals surface area contributed by atoms with E-state index in [4.69, 9.17) is 4.74 Å². The predicted octanol–water partition coefficient (Wildman–Crippen LogP) is 5.05. The van der Waals surface area contributed by atoms with Gasteiger partial charge in [0.2, 0.25) is 0 Å². The monoisotopic (exact) mass is 353 g/mol. The third-order valence-corrected chi connectivity index (χ3v) is 4.36. The lowest BCUT2D eigenvalue weighted by atomic mass is 10.0. The normalized spacial score (nSPS) is 10.7. The molecule has 26 heavy (non-hydrogen) atoms. The van der Waals surface area contributed by atoms with Gasteiger partial charge in [-0.15, -0.1) is 0 Å². The Morgan fingerprint density at radius 1 is 0.923 bits per heavy atom. The standard InChI is InChI=1S/C23H31NO2/c1-2-3-17-24-18-10-19-26-23-16-8-7-14-21(23)22(25)15-9-13-20-11-5-4-6-12-20/h4-8,11-12,14,16,24H,2-3,9-10,13,15,17-19H2,1H3. The van der Waals surface area contributed by atoms with Crippen LogP contribution in [0.3, 0.4) is 0 Å². The van der Waals surface area contributed by atoms with E-state index in [1.165, 1.54) is 18.4 Å². The van der Waals surface area contributed by atoms with Gasteiger partial charge in [-0.2, -0.15) is 0 Å². The summed E-state index contributed by atoms with van der Waals surface area (Å²) < 4.78 is 5.87. The van der Waals surface area contributed by atoms with Crippen LogP contribution in [0.2, 0.25) is 0 Å². The SMILES string of the molecule is CCCCNCCCOc1ccccc1C(=O)CCCc1ccccc1. The van der Waals surface area contributed by atoms with Crippen LogP contribution in [-0.4, -0.2) is 25.5 Å². The summed E-state index contributed by atoms with van der Waals surface area (Å²) in [5, 5.41) is 3.41. The van der Waals surface area contributed by atoms with E-state index in [0.29, 0.717) is 24.3 Å². The van der Waals surface area contributed by atoms with Crippen LogP contribution in [0.5, 0.6) is 5.75 Å². The molecule has 0 spiro atoms. The van der Waals surface area contributed by atoms with Crippen molar-refractivity contribution < 1.29 is 9.53 Å². The van der Waals surface area contributed by atoms with Gasteiger partial charge in [0.25, 0.3) is 0 Å². The number of benzene rings is 2. The van der Waals surface area contributed by atoms with Gasteiger partial charge in [0.1, 0.15) is 5.75 Å². The number of Topliss-reactive ketones (excluding diaryl/α,β-unsaturated/α-hetero) is 1. The maximum absolute atomic E-state index is 12.6. The maximum atomic E-state index is 12.6. The van der Waals surface area contributed by atoms with Crippen molar-refractivity contribution >= 4 is 5.78 Å². The number of ether oxygens (including phenoxy) is 1. The summed E-state index contributed by atoms with van der Waals surface area (Å²) in [6.45, 7) is 4.84. The van der Waals surface area contributed by atoms with Crippen LogP contribution in [-0.2, 0) is 6.42 Å². The Morgan fingerprint density at radius 3 is 2.46 bits per heavy atom. The third-order valence-electron chi connectivity index (χ3n) is 4.36. The van der Waals surface area contributed by atoms with E-state index in [2.05, 4.69) is 24.4 Å². The highest BCUT2D eigenvalue weighted by Gasteiger charge is 2.11. The van der Waals surface area contributed by atoms with E-state index in [1.807, 2.05) is 42.5 Å². The fraction of sp³-hybridized carbons (Fsp3) is 0.435. The molecule has 0 aliphatic rings. The molecule has 140 valence electrons. The number of carbonyl (C=O) groups excluding carboxylic acids is 1. The number of rotatable bonds is 13. The first-order valence-electron chi connectivity index (χ1n) is 9.81. The molecule has 2 aromatic rings. The smallest absolute Gasteiger partial charge is 0.166 e. The molecule has 0 saturated carbocycles. The van der Waals surface area contributed by atoms with E-state index in [1.54, 1.807) is 0 Å². The fourth-order valence-corrected chi connectivity index (χ4v) is 2.86. The van der Waals surface area contributed by atoms with Crippen LogP contribution in [0, 0.1) is 0 Å². The van der Waals surface area contributed by atoms with Gasteiger partial charge in [0, 0.05) is 6.42 Å².